The fourth-order valence-electron chi connectivity index (χ4n) is 1.74. The maximum absolute atomic E-state index is 11.6. The lowest BCUT2D eigenvalue weighted by Gasteiger charge is -1.97. The van der Waals surface area contributed by atoms with E-state index in [9.17, 15) is 19.7 Å². The molecule has 1 fully saturated rings. The first-order chi connectivity index (χ1) is 12.0. The number of para-hydroxylation sites is 1. The molecule has 0 aliphatic carbocycles. The SMILES string of the molecule is COC(=O)/C=C1/S/C(=N\N=Cc2cccc(C#N)c2[N+](=O)[O-])NC1=O. The summed E-state index contributed by atoms with van der Waals surface area (Å²) in [6, 6.07) is 5.93. The molecule has 10 nitrogen and oxygen atoms in total. The maximum atomic E-state index is 11.6. The maximum Gasteiger partial charge on any atom is 0.331 e. The quantitative estimate of drug-likeness (QED) is 0.278. The normalized spacial score (nSPS) is 16.9. The van der Waals surface area contributed by atoms with E-state index in [-0.39, 0.29) is 26.9 Å². The molecule has 0 bridgehead atoms. The zero-order valence-corrected chi connectivity index (χ0v) is 13.4. The largest absolute Gasteiger partial charge is 0.466 e. The van der Waals surface area contributed by atoms with Crippen LogP contribution >= 0.6 is 11.8 Å². The van der Waals surface area contributed by atoms with Gasteiger partial charge in [-0.2, -0.15) is 10.4 Å². The topological polar surface area (TPSA) is 147 Å². The summed E-state index contributed by atoms with van der Waals surface area (Å²) in [5.41, 5.74) is -0.398. The van der Waals surface area contributed by atoms with Crippen LogP contribution in [0.5, 0.6) is 0 Å². The highest BCUT2D eigenvalue weighted by atomic mass is 32.2. The Labute approximate surface area is 145 Å². The van der Waals surface area contributed by atoms with Crippen LogP contribution in [-0.4, -0.2) is 35.3 Å². The van der Waals surface area contributed by atoms with Gasteiger partial charge in [0.05, 0.1) is 28.7 Å². The summed E-state index contributed by atoms with van der Waals surface area (Å²) in [6.45, 7) is 0. The van der Waals surface area contributed by atoms with Gasteiger partial charge in [0.15, 0.2) is 5.17 Å². The second kappa shape index (κ2) is 7.84. The van der Waals surface area contributed by atoms with Crippen molar-refractivity contribution in [2.75, 3.05) is 7.11 Å². The number of nitro groups is 1. The number of ether oxygens (including phenoxy) is 1. The summed E-state index contributed by atoms with van der Waals surface area (Å²) >= 11 is 0.865. The van der Waals surface area contributed by atoms with E-state index in [0.29, 0.717) is 0 Å². The average molecular weight is 359 g/mol. The number of hydrogen-bond donors (Lipinski definition) is 1. The van der Waals surface area contributed by atoms with Crippen molar-refractivity contribution in [3.63, 3.8) is 0 Å². The first-order valence-corrected chi connectivity index (χ1v) is 7.35. The molecule has 126 valence electrons. The number of nitro benzene ring substituents is 1. The molecule has 0 saturated carbocycles. The number of nitriles is 1. The number of carbonyl (C=O) groups excluding carboxylic acids is 2. The molecule has 1 aromatic rings. The number of carbonyl (C=O) groups is 2. The molecule has 1 heterocycles. The molecular weight excluding hydrogens is 350 g/mol. The minimum absolute atomic E-state index is 0.0817. The molecule has 0 atom stereocenters. The highest BCUT2D eigenvalue weighted by molar-refractivity contribution is 8.18. The molecule has 0 aromatic heterocycles. The van der Waals surface area contributed by atoms with Crippen molar-refractivity contribution in [2.45, 2.75) is 0 Å². The van der Waals surface area contributed by atoms with Crippen molar-refractivity contribution < 1.29 is 19.2 Å². The summed E-state index contributed by atoms with van der Waals surface area (Å²) in [4.78, 5) is 33.2. The fraction of sp³-hybridized carbons (Fsp3) is 0.0714. The number of amides is 1. The summed E-state index contributed by atoms with van der Waals surface area (Å²) in [6.07, 6.45) is 2.11. The van der Waals surface area contributed by atoms with Crippen molar-refractivity contribution in [1.82, 2.24) is 5.32 Å². The number of methoxy groups -OCH3 is 1. The van der Waals surface area contributed by atoms with Gasteiger partial charge in [0.25, 0.3) is 11.6 Å². The third-order valence-corrected chi connectivity index (χ3v) is 3.72. The van der Waals surface area contributed by atoms with Crippen molar-refractivity contribution in [3.05, 3.63) is 50.4 Å². The van der Waals surface area contributed by atoms with Gasteiger partial charge in [0, 0.05) is 6.08 Å². The summed E-state index contributed by atoms with van der Waals surface area (Å²) < 4.78 is 4.42. The molecule has 1 amide bonds. The number of esters is 1. The molecule has 11 heteroatoms. The molecule has 1 aliphatic rings. The molecule has 25 heavy (non-hydrogen) atoms. The Kier molecular flexibility index (Phi) is 5.59. The zero-order valence-electron chi connectivity index (χ0n) is 12.6. The number of hydrogen-bond acceptors (Lipinski definition) is 9. The van der Waals surface area contributed by atoms with Crippen molar-refractivity contribution >= 4 is 40.7 Å². The van der Waals surface area contributed by atoms with Gasteiger partial charge in [0.2, 0.25) is 0 Å². The van der Waals surface area contributed by atoms with Gasteiger partial charge >= 0.3 is 5.97 Å². The van der Waals surface area contributed by atoms with E-state index in [2.05, 4.69) is 20.3 Å². The van der Waals surface area contributed by atoms with Crippen LogP contribution in [0.1, 0.15) is 11.1 Å². The number of nitrogens with one attached hydrogen (secondary N) is 1. The first-order valence-electron chi connectivity index (χ1n) is 6.53. The zero-order chi connectivity index (χ0) is 18.4. The Balaban J connectivity index is 2.22. The van der Waals surface area contributed by atoms with Gasteiger partial charge < -0.3 is 4.74 Å². The predicted molar refractivity (Wildman–Crippen MR) is 88.7 cm³/mol. The Bertz CT molecular complexity index is 884. The minimum Gasteiger partial charge on any atom is -0.466 e. The number of amidine groups is 1. The third kappa shape index (κ3) is 4.27. The summed E-state index contributed by atoms with van der Waals surface area (Å²) in [5, 5.41) is 29.9. The number of rotatable bonds is 4. The fourth-order valence-corrected chi connectivity index (χ4v) is 2.48. The van der Waals surface area contributed by atoms with E-state index < -0.39 is 16.8 Å². The van der Waals surface area contributed by atoms with E-state index in [4.69, 9.17) is 5.26 Å². The molecular formula is C14H9N5O5S. The summed E-state index contributed by atoms with van der Waals surface area (Å²) in [5.74, 6) is -1.23. The van der Waals surface area contributed by atoms with Crippen LogP contribution in [0.3, 0.4) is 0 Å². The average Bonchev–Trinajstić information content (AvgIpc) is 2.93. The summed E-state index contributed by atoms with van der Waals surface area (Å²) in [7, 11) is 1.18. The first kappa shape index (κ1) is 17.8. The molecule has 1 saturated heterocycles. The smallest absolute Gasteiger partial charge is 0.331 e. The van der Waals surface area contributed by atoms with E-state index in [1.807, 2.05) is 0 Å². The van der Waals surface area contributed by atoms with Gasteiger partial charge in [-0.3, -0.25) is 20.2 Å². The van der Waals surface area contributed by atoms with Crippen molar-refractivity contribution in [2.24, 2.45) is 10.2 Å². The van der Waals surface area contributed by atoms with Gasteiger partial charge in [-0.15, -0.1) is 5.10 Å². The van der Waals surface area contributed by atoms with Crippen LogP contribution in [0.4, 0.5) is 5.69 Å². The monoisotopic (exact) mass is 359 g/mol. The molecule has 2 rings (SSSR count). The van der Waals surface area contributed by atoms with Crippen molar-refractivity contribution in [3.8, 4) is 6.07 Å². The Morgan fingerprint density at radius 3 is 2.92 bits per heavy atom. The second-order valence-corrected chi connectivity index (χ2v) is 5.38. The van der Waals surface area contributed by atoms with Gasteiger partial charge in [-0.25, -0.2) is 4.79 Å². The number of nitrogens with zero attached hydrogens (tertiary/aromatic N) is 4. The van der Waals surface area contributed by atoms with Gasteiger partial charge in [0.1, 0.15) is 11.6 Å². The van der Waals surface area contributed by atoms with E-state index in [1.165, 1.54) is 25.3 Å². The van der Waals surface area contributed by atoms with E-state index in [0.717, 1.165) is 24.1 Å². The molecule has 1 aromatic carbocycles. The highest BCUT2D eigenvalue weighted by Crippen LogP contribution is 2.24. The third-order valence-electron chi connectivity index (χ3n) is 2.82. The molecule has 0 radical (unpaired) electrons. The predicted octanol–water partition coefficient (Wildman–Crippen LogP) is 1.08. The van der Waals surface area contributed by atoms with Crippen LogP contribution in [0.25, 0.3) is 0 Å². The van der Waals surface area contributed by atoms with Crippen LogP contribution < -0.4 is 5.32 Å². The van der Waals surface area contributed by atoms with Crippen LogP contribution in [0, 0.1) is 21.4 Å². The Hall–Kier alpha value is -3.52. The van der Waals surface area contributed by atoms with Crippen LogP contribution in [0.15, 0.2) is 39.4 Å². The Morgan fingerprint density at radius 1 is 1.52 bits per heavy atom. The Morgan fingerprint density at radius 2 is 2.28 bits per heavy atom. The molecule has 1 N–H and O–H groups in total. The molecule has 1 aliphatic heterocycles. The van der Waals surface area contributed by atoms with E-state index >= 15 is 0 Å². The minimum atomic E-state index is -0.689. The lowest BCUT2D eigenvalue weighted by Crippen LogP contribution is -2.19. The lowest BCUT2D eigenvalue weighted by atomic mass is 10.1. The molecule has 0 unspecified atom stereocenters. The standard InChI is InChI=1S/C14H9N5O5S/c1-24-11(20)5-10-13(21)17-14(25-10)18-16-7-9-4-2-3-8(6-15)12(9)19(22)23/h2-5,7H,1H3,(H,17,18,21)/b10-5+,16-7?. The van der Waals surface area contributed by atoms with E-state index in [1.54, 1.807) is 6.07 Å². The highest BCUT2D eigenvalue weighted by Gasteiger charge is 2.25. The lowest BCUT2D eigenvalue weighted by molar-refractivity contribution is -0.385. The van der Waals surface area contributed by atoms with Crippen LogP contribution in [-0.2, 0) is 14.3 Å². The molecule has 0 spiro atoms. The van der Waals surface area contributed by atoms with Gasteiger partial charge in [-0.1, -0.05) is 6.07 Å². The number of benzene rings is 1. The van der Waals surface area contributed by atoms with Crippen LogP contribution in [0.2, 0.25) is 0 Å². The second-order valence-electron chi connectivity index (χ2n) is 4.35. The van der Waals surface area contributed by atoms with Crippen molar-refractivity contribution in [1.29, 1.82) is 5.26 Å². The number of thioether (sulfide) groups is 1. The van der Waals surface area contributed by atoms with Gasteiger partial charge in [-0.05, 0) is 23.9 Å².